The molecule has 3 rings (SSSR count). The highest BCUT2D eigenvalue weighted by Gasteiger charge is 2.40. The highest BCUT2D eigenvalue weighted by molar-refractivity contribution is 7.91. The average molecular weight is 294 g/mol. The minimum atomic E-state index is -2.87. The first-order valence-electron chi connectivity index (χ1n) is 7.24. The van der Waals surface area contributed by atoms with Crippen LogP contribution in [0.3, 0.4) is 0 Å². The zero-order chi connectivity index (χ0) is 14.2. The molecule has 1 fully saturated rings. The Hall–Kier alpha value is -0.910. The SMILES string of the molecule is CC1(NC2CCNCc3ccccc32)CCS(=O)(=O)C1. The lowest BCUT2D eigenvalue weighted by molar-refractivity contribution is 0.333. The Morgan fingerprint density at radius 2 is 2.15 bits per heavy atom. The quantitative estimate of drug-likeness (QED) is 0.865. The average Bonchev–Trinajstić information content (AvgIpc) is 2.58. The molecule has 0 bridgehead atoms. The summed E-state index contributed by atoms with van der Waals surface area (Å²) >= 11 is 0. The lowest BCUT2D eigenvalue weighted by Gasteiger charge is -2.31. The van der Waals surface area contributed by atoms with E-state index in [1.54, 1.807) is 0 Å². The van der Waals surface area contributed by atoms with Crippen LogP contribution in [-0.2, 0) is 16.4 Å². The van der Waals surface area contributed by atoms with Crippen molar-refractivity contribution in [2.75, 3.05) is 18.1 Å². The van der Waals surface area contributed by atoms with E-state index in [9.17, 15) is 8.42 Å². The standard InChI is InChI=1S/C15H22N2O2S/c1-15(7-9-20(18,19)11-15)17-14-6-8-16-10-12-4-2-3-5-13(12)14/h2-5,14,16-17H,6-11H2,1H3. The number of hydrogen-bond acceptors (Lipinski definition) is 4. The summed E-state index contributed by atoms with van der Waals surface area (Å²) in [7, 11) is -2.87. The lowest BCUT2D eigenvalue weighted by atomic mass is 9.94. The normalized spacial score (nSPS) is 32.5. The fourth-order valence-corrected chi connectivity index (χ4v) is 5.46. The van der Waals surface area contributed by atoms with Crippen molar-refractivity contribution in [1.29, 1.82) is 0 Å². The minimum absolute atomic E-state index is 0.236. The molecule has 0 spiro atoms. The van der Waals surface area contributed by atoms with Crippen molar-refractivity contribution in [3.05, 3.63) is 35.4 Å². The topological polar surface area (TPSA) is 58.2 Å². The summed E-state index contributed by atoms with van der Waals surface area (Å²) in [6.45, 7) is 3.89. The second-order valence-corrected chi connectivity index (χ2v) is 8.45. The van der Waals surface area contributed by atoms with Crippen LogP contribution in [0.4, 0.5) is 0 Å². The Labute approximate surface area is 120 Å². The van der Waals surface area contributed by atoms with E-state index in [-0.39, 0.29) is 17.3 Å². The molecule has 0 amide bonds. The smallest absolute Gasteiger partial charge is 0.152 e. The maximum Gasteiger partial charge on any atom is 0.152 e. The summed E-state index contributed by atoms with van der Waals surface area (Å²) in [5, 5.41) is 7.06. The van der Waals surface area contributed by atoms with Crippen LogP contribution < -0.4 is 10.6 Å². The molecule has 2 N–H and O–H groups in total. The third kappa shape index (κ3) is 2.90. The van der Waals surface area contributed by atoms with Gasteiger partial charge < -0.3 is 10.6 Å². The molecule has 0 saturated carbocycles. The fraction of sp³-hybridized carbons (Fsp3) is 0.600. The van der Waals surface area contributed by atoms with Crippen LogP contribution in [0.2, 0.25) is 0 Å². The number of nitrogens with one attached hydrogen (secondary N) is 2. The number of hydrogen-bond donors (Lipinski definition) is 2. The summed E-state index contributed by atoms with van der Waals surface area (Å²) in [4.78, 5) is 0. The molecule has 1 aromatic rings. The third-order valence-corrected chi connectivity index (χ3v) is 6.28. The highest BCUT2D eigenvalue weighted by atomic mass is 32.2. The summed E-state index contributed by atoms with van der Waals surface area (Å²) in [5.74, 6) is 0.565. The van der Waals surface area contributed by atoms with Crippen molar-refractivity contribution < 1.29 is 8.42 Å². The number of fused-ring (bicyclic) bond motifs is 1. The van der Waals surface area contributed by atoms with Gasteiger partial charge in [0, 0.05) is 18.1 Å². The van der Waals surface area contributed by atoms with Crippen molar-refractivity contribution in [2.24, 2.45) is 0 Å². The van der Waals surface area contributed by atoms with Crippen LogP contribution in [0, 0.1) is 0 Å². The van der Waals surface area contributed by atoms with E-state index in [0.29, 0.717) is 12.2 Å². The lowest BCUT2D eigenvalue weighted by Crippen LogP contribution is -2.45. The monoisotopic (exact) mass is 294 g/mol. The van der Waals surface area contributed by atoms with Gasteiger partial charge in [-0.05, 0) is 37.4 Å². The molecule has 5 heteroatoms. The Kier molecular flexibility index (Phi) is 3.60. The zero-order valence-electron chi connectivity index (χ0n) is 11.9. The van der Waals surface area contributed by atoms with Gasteiger partial charge in [0.2, 0.25) is 0 Å². The van der Waals surface area contributed by atoms with Crippen molar-refractivity contribution in [2.45, 2.75) is 37.9 Å². The molecule has 20 heavy (non-hydrogen) atoms. The van der Waals surface area contributed by atoms with Gasteiger partial charge in [0.05, 0.1) is 11.5 Å². The first kappa shape index (κ1) is 14.0. The molecular weight excluding hydrogens is 272 g/mol. The fourth-order valence-electron chi connectivity index (χ4n) is 3.35. The second kappa shape index (κ2) is 5.13. The largest absolute Gasteiger partial charge is 0.313 e. The molecule has 0 aromatic heterocycles. The number of rotatable bonds is 2. The van der Waals surface area contributed by atoms with Crippen LogP contribution in [0.25, 0.3) is 0 Å². The molecule has 0 aliphatic carbocycles. The van der Waals surface area contributed by atoms with Gasteiger partial charge in [0.15, 0.2) is 9.84 Å². The predicted octanol–water partition coefficient (Wildman–Crippen LogP) is 1.39. The van der Waals surface area contributed by atoms with Crippen molar-refractivity contribution in [1.82, 2.24) is 10.6 Å². The predicted molar refractivity (Wildman–Crippen MR) is 80.3 cm³/mol. The zero-order valence-corrected chi connectivity index (χ0v) is 12.7. The van der Waals surface area contributed by atoms with Gasteiger partial charge in [0.1, 0.15) is 0 Å². The molecule has 2 atom stereocenters. The van der Waals surface area contributed by atoms with Gasteiger partial charge >= 0.3 is 0 Å². The Morgan fingerprint density at radius 1 is 1.35 bits per heavy atom. The van der Waals surface area contributed by atoms with E-state index in [1.165, 1.54) is 11.1 Å². The van der Waals surface area contributed by atoms with Gasteiger partial charge in [-0.3, -0.25) is 0 Å². The molecule has 2 aliphatic rings. The van der Waals surface area contributed by atoms with Gasteiger partial charge in [-0.1, -0.05) is 24.3 Å². The molecule has 2 aliphatic heterocycles. The molecular formula is C15H22N2O2S. The van der Waals surface area contributed by atoms with E-state index in [0.717, 1.165) is 19.5 Å². The molecule has 2 heterocycles. The van der Waals surface area contributed by atoms with E-state index < -0.39 is 9.84 Å². The van der Waals surface area contributed by atoms with E-state index in [4.69, 9.17) is 0 Å². The highest BCUT2D eigenvalue weighted by Crippen LogP contribution is 2.30. The van der Waals surface area contributed by atoms with Crippen LogP contribution in [-0.4, -0.2) is 32.0 Å². The summed E-state index contributed by atoms with van der Waals surface area (Å²) in [6.07, 6.45) is 1.70. The van der Waals surface area contributed by atoms with Gasteiger partial charge in [-0.25, -0.2) is 8.42 Å². The van der Waals surface area contributed by atoms with Crippen molar-refractivity contribution in [3.8, 4) is 0 Å². The first-order chi connectivity index (χ1) is 9.48. The maximum absolute atomic E-state index is 11.7. The van der Waals surface area contributed by atoms with Crippen LogP contribution >= 0.6 is 0 Å². The van der Waals surface area contributed by atoms with Gasteiger partial charge in [-0.2, -0.15) is 0 Å². The Morgan fingerprint density at radius 3 is 2.90 bits per heavy atom. The minimum Gasteiger partial charge on any atom is -0.313 e. The summed E-state index contributed by atoms with van der Waals surface area (Å²) in [5.41, 5.74) is 2.33. The van der Waals surface area contributed by atoms with Crippen molar-refractivity contribution >= 4 is 9.84 Å². The van der Waals surface area contributed by atoms with Crippen LogP contribution in [0.1, 0.15) is 36.9 Å². The molecule has 4 nitrogen and oxygen atoms in total. The third-order valence-electron chi connectivity index (χ3n) is 4.38. The van der Waals surface area contributed by atoms with Gasteiger partial charge in [-0.15, -0.1) is 0 Å². The molecule has 1 saturated heterocycles. The maximum atomic E-state index is 11.7. The van der Waals surface area contributed by atoms with E-state index in [2.05, 4.69) is 34.9 Å². The summed E-state index contributed by atoms with van der Waals surface area (Å²) < 4.78 is 23.5. The number of benzene rings is 1. The molecule has 1 aromatic carbocycles. The van der Waals surface area contributed by atoms with E-state index >= 15 is 0 Å². The Balaban J connectivity index is 1.84. The second-order valence-electron chi connectivity index (χ2n) is 6.26. The summed E-state index contributed by atoms with van der Waals surface area (Å²) in [6, 6.07) is 8.67. The Bertz CT molecular complexity index is 600. The molecule has 2 unspecified atom stereocenters. The van der Waals surface area contributed by atoms with Crippen LogP contribution in [0.15, 0.2) is 24.3 Å². The van der Waals surface area contributed by atoms with Crippen LogP contribution in [0.5, 0.6) is 0 Å². The van der Waals surface area contributed by atoms with Gasteiger partial charge in [0.25, 0.3) is 0 Å². The molecule has 110 valence electrons. The molecule has 0 radical (unpaired) electrons. The number of sulfone groups is 1. The first-order valence-corrected chi connectivity index (χ1v) is 9.06. The van der Waals surface area contributed by atoms with E-state index in [1.807, 2.05) is 6.92 Å². The van der Waals surface area contributed by atoms with Crippen molar-refractivity contribution in [3.63, 3.8) is 0 Å².